The van der Waals surface area contributed by atoms with Gasteiger partial charge in [-0.15, -0.1) is 23.2 Å². The second kappa shape index (κ2) is 8.53. The number of carbonyl (C=O) groups excluding carboxylic acids is 4. The van der Waals surface area contributed by atoms with Crippen LogP contribution in [0.5, 0.6) is 0 Å². The maximum Gasteiger partial charge on any atom is 0.253 e. The minimum Gasteiger partial charge on any atom is -0.463 e. The van der Waals surface area contributed by atoms with Crippen LogP contribution in [0.2, 0.25) is 0 Å². The van der Waals surface area contributed by atoms with Crippen LogP contribution in [0.15, 0.2) is 52.5 Å². The predicted molar refractivity (Wildman–Crippen MR) is 138 cm³/mol. The number of imide groups is 2. The van der Waals surface area contributed by atoms with Crippen LogP contribution in [0, 0.1) is 17.8 Å². The molecule has 4 aliphatic rings. The molecule has 1 N–H and O–H groups in total. The Bertz CT molecular complexity index is 1420. The molecular weight excluding hydrogens is 531 g/mol. The average molecular weight is 557 g/mol. The molecule has 6 unspecified atom stereocenters. The Kier molecular flexibility index (Phi) is 5.69. The second-order valence-corrected chi connectivity index (χ2v) is 11.7. The summed E-state index contributed by atoms with van der Waals surface area (Å²) in [6.07, 6.45) is 2.87. The molecule has 1 saturated carbocycles. The molecule has 1 aromatic heterocycles. The molecular formula is C28H26Cl2N2O6. The molecule has 10 heteroatoms. The zero-order chi connectivity index (χ0) is 27.1. The van der Waals surface area contributed by atoms with Gasteiger partial charge >= 0.3 is 0 Å². The number of alkyl halides is 2. The van der Waals surface area contributed by atoms with Gasteiger partial charge < -0.3 is 9.52 Å². The van der Waals surface area contributed by atoms with E-state index in [-0.39, 0.29) is 42.8 Å². The molecule has 6 rings (SSSR count). The Morgan fingerprint density at radius 3 is 2.34 bits per heavy atom. The normalized spacial score (nSPS) is 34.4. The quantitative estimate of drug-likeness (QED) is 0.350. The van der Waals surface area contributed by atoms with Crippen LogP contribution >= 0.6 is 23.2 Å². The number of nitrogens with zero attached hydrogens (tertiary/aromatic N) is 2. The number of benzene rings is 1. The molecule has 0 radical (unpaired) electrons. The summed E-state index contributed by atoms with van der Waals surface area (Å²) in [7, 11) is 1.34. The number of halogens is 2. The Hall–Kier alpha value is -2.94. The molecule has 4 amide bonds. The van der Waals surface area contributed by atoms with Crippen molar-refractivity contribution in [2.24, 2.45) is 17.8 Å². The summed E-state index contributed by atoms with van der Waals surface area (Å²) < 4.78 is 5.85. The van der Waals surface area contributed by atoms with E-state index in [0.717, 1.165) is 16.9 Å². The maximum absolute atomic E-state index is 13.9. The van der Waals surface area contributed by atoms with E-state index < -0.39 is 45.2 Å². The molecule has 6 atom stereocenters. The molecule has 3 heterocycles. The summed E-state index contributed by atoms with van der Waals surface area (Å²) in [5.41, 5.74) is 2.23. The van der Waals surface area contributed by atoms with Gasteiger partial charge in [-0.05, 0) is 55.0 Å². The molecule has 38 heavy (non-hydrogen) atoms. The van der Waals surface area contributed by atoms with Crippen molar-refractivity contribution in [2.45, 2.75) is 48.5 Å². The fourth-order valence-corrected chi connectivity index (χ4v) is 7.83. The van der Waals surface area contributed by atoms with E-state index >= 15 is 0 Å². The summed E-state index contributed by atoms with van der Waals surface area (Å²) in [5.74, 6) is -4.42. The number of hydrogen-bond acceptors (Lipinski definition) is 6. The number of anilines is 1. The molecule has 2 aliphatic heterocycles. The number of rotatable bonds is 4. The van der Waals surface area contributed by atoms with Gasteiger partial charge in [-0.1, -0.05) is 30.7 Å². The van der Waals surface area contributed by atoms with Gasteiger partial charge in [0.15, 0.2) is 9.75 Å². The lowest BCUT2D eigenvalue weighted by atomic mass is 9.57. The number of aliphatic hydroxyl groups is 1. The highest BCUT2D eigenvalue weighted by Crippen LogP contribution is 2.65. The average Bonchev–Trinajstić information content (AvgIpc) is 3.53. The van der Waals surface area contributed by atoms with Gasteiger partial charge in [0.1, 0.15) is 18.1 Å². The van der Waals surface area contributed by atoms with Crippen molar-refractivity contribution in [2.75, 3.05) is 11.9 Å². The van der Waals surface area contributed by atoms with Gasteiger partial charge in [0, 0.05) is 7.05 Å². The Labute approximate surface area is 229 Å². The van der Waals surface area contributed by atoms with Crippen LogP contribution in [-0.4, -0.2) is 50.4 Å². The van der Waals surface area contributed by atoms with Crippen molar-refractivity contribution < 1.29 is 28.7 Å². The summed E-state index contributed by atoms with van der Waals surface area (Å²) >= 11 is 14.2. The summed E-state index contributed by atoms with van der Waals surface area (Å²) in [4.78, 5) is 52.8. The van der Waals surface area contributed by atoms with Gasteiger partial charge in [-0.2, -0.15) is 0 Å². The number of aliphatic hydroxyl groups excluding tert-OH is 1. The number of likely N-dealkylation sites (tertiary alicyclic amines) is 1. The highest BCUT2D eigenvalue weighted by atomic mass is 35.5. The molecule has 3 fully saturated rings. The highest BCUT2D eigenvalue weighted by molar-refractivity contribution is 6.53. The minimum atomic E-state index is -1.90. The number of aryl methyl sites for hydroxylation is 1. The second-order valence-electron chi connectivity index (χ2n) is 10.5. The Balaban J connectivity index is 1.48. The fourth-order valence-electron chi connectivity index (χ4n) is 6.83. The van der Waals surface area contributed by atoms with Gasteiger partial charge in [0.2, 0.25) is 11.8 Å². The lowest BCUT2D eigenvalue weighted by Gasteiger charge is -2.49. The molecule has 198 valence electrons. The van der Waals surface area contributed by atoms with Gasteiger partial charge in [-0.25, -0.2) is 0 Å². The summed E-state index contributed by atoms with van der Waals surface area (Å²) in [5, 5.41) is 9.59. The van der Waals surface area contributed by atoms with Gasteiger partial charge in [0.25, 0.3) is 11.8 Å². The SMILES string of the molecule is CCc1ccc(N2C(=O)C3CC=C4C(CC5(Cl)C(=O)N(C)C(=O)C5(Cl)C4c4ccc(CO)o4)C3C2=O)cc1. The van der Waals surface area contributed by atoms with E-state index in [2.05, 4.69) is 0 Å². The van der Waals surface area contributed by atoms with E-state index in [0.29, 0.717) is 11.3 Å². The molecule has 2 aliphatic carbocycles. The van der Waals surface area contributed by atoms with Crippen LogP contribution in [0.4, 0.5) is 5.69 Å². The molecule has 2 saturated heterocycles. The van der Waals surface area contributed by atoms with Crippen molar-refractivity contribution in [1.82, 2.24) is 4.90 Å². The zero-order valence-corrected chi connectivity index (χ0v) is 22.3. The first-order chi connectivity index (χ1) is 18.1. The molecule has 0 bridgehead atoms. The number of fused-ring (bicyclic) bond motifs is 4. The van der Waals surface area contributed by atoms with Crippen molar-refractivity contribution in [3.8, 4) is 0 Å². The molecule has 1 aromatic carbocycles. The smallest absolute Gasteiger partial charge is 0.253 e. The van der Waals surface area contributed by atoms with E-state index in [1.807, 2.05) is 25.1 Å². The third-order valence-electron chi connectivity index (χ3n) is 8.74. The lowest BCUT2D eigenvalue weighted by molar-refractivity contribution is -0.138. The van der Waals surface area contributed by atoms with E-state index in [4.69, 9.17) is 27.6 Å². The van der Waals surface area contributed by atoms with Crippen molar-refractivity contribution >= 4 is 52.5 Å². The van der Waals surface area contributed by atoms with Crippen molar-refractivity contribution in [1.29, 1.82) is 0 Å². The van der Waals surface area contributed by atoms with Crippen LogP contribution in [0.1, 0.15) is 42.8 Å². The number of hydrogen-bond donors (Lipinski definition) is 1. The highest BCUT2D eigenvalue weighted by Gasteiger charge is 2.76. The van der Waals surface area contributed by atoms with Crippen LogP contribution < -0.4 is 4.90 Å². The van der Waals surface area contributed by atoms with Gasteiger partial charge in [-0.3, -0.25) is 29.0 Å². The number of amides is 4. The van der Waals surface area contributed by atoms with Crippen molar-refractivity contribution in [3.63, 3.8) is 0 Å². The fraction of sp³-hybridized carbons (Fsp3) is 0.429. The van der Waals surface area contributed by atoms with Crippen LogP contribution in [-0.2, 0) is 32.2 Å². The number of allylic oxidation sites excluding steroid dienone is 2. The van der Waals surface area contributed by atoms with Crippen LogP contribution in [0.3, 0.4) is 0 Å². The predicted octanol–water partition coefficient (Wildman–Crippen LogP) is 3.53. The summed E-state index contributed by atoms with van der Waals surface area (Å²) in [6.45, 7) is 1.66. The molecule has 8 nitrogen and oxygen atoms in total. The van der Waals surface area contributed by atoms with Crippen molar-refractivity contribution in [3.05, 3.63) is 65.1 Å². The third kappa shape index (κ3) is 3.08. The number of carbonyl (C=O) groups is 4. The van der Waals surface area contributed by atoms with E-state index in [1.165, 1.54) is 11.9 Å². The summed E-state index contributed by atoms with van der Waals surface area (Å²) in [6, 6.07) is 10.5. The Morgan fingerprint density at radius 1 is 1.00 bits per heavy atom. The first-order valence-corrected chi connectivity index (χ1v) is 13.4. The number of furan rings is 1. The first kappa shape index (κ1) is 25.3. The lowest BCUT2D eigenvalue weighted by Crippen LogP contribution is -2.60. The minimum absolute atomic E-state index is 0.0777. The molecule has 0 spiro atoms. The zero-order valence-electron chi connectivity index (χ0n) is 20.8. The van der Waals surface area contributed by atoms with E-state index in [9.17, 15) is 24.3 Å². The monoisotopic (exact) mass is 556 g/mol. The largest absolute Gasteiger partial charge is 0.463 e. The first-order valence-electron chi connectivity index (χ1n) is 12.6. The maximum atomic E-state index is 13.9. The Morgan fingerprint density at radius 2 is 1.71 bits per heavy atom. The van der Waals surface area contributed by atoms with Gasteiger partial charge in [0.05, 0.1) is 23.4 Å². The standard InChI is InChI=1S/C28H26Cl2N2O6/c1-3-14-4-6-15(7-5-14)32-23(34)18-10-9-17-19(21(18)24(32)35)12-27(29)25(36)31(2)26(37)28(27,30)22(17)20-11-8-16(13-33)38-20/h4-9,11,18-19,21-22,33H,3,10,12-13H2,1-2H3. The topological polar surface area (TPSA) is 108 Å². The van der Waals surface area contributed by atoms with E-state index in [1.54, 1.807) is 24.3 Å². The van der Waals surface area contributed by atoms with Crippen LogP contribution in [0.25, 0.3) is 0 Å². The molecule has 2 aromatic rings. The third-order valence-corrected chi connectivity index (χ3v) is 10.2.